The number of hydrogen-bond acceptors (Lipinski definition) is 5. The van der Waals surface area contributed by atoms with Gasteiger partial charge in [0.15, 0.2) is 5.75 Å². The molecule has 0 aliphatic carbocycles. The summed E-state index contributed by atoms with van der Waals surface area (Å²) in [6.45, 7) is 2.52. The Hall–Kier alpha value is -1.36. The molecule has 5 heteroatoms. The molecule has 0 fully saturated rings. The van der Waals surface area contributed by atoms with E-state index in [2.05, 4.69) is 4.40 Å². The summed E-state index contributed by atoms with van der Waals surface area (Å²) in [5, 5.41) is 0. The Bertz CT molecular complexity index is 379. The number of amidine groups is 1. The molecule has 0 amide bonds. The fourth-order valence-electron chi connectivity index (χ4n) is 1.25. The van der Waals surface area contributed by atoms with Crippen molar-refractivity contribution in [3.05, 3.63) is 23.8 Å². The van der Waals surface area contributed by atoms with E-state index in [1.54, 1.807) is 0 Å². The molecule has 1 heterocycles. The number of fused-ring (bicyclic) bond motifs is 1. The fraction of sp³-hybridized carbons (Fsp3) is 0.222. The Morgan fingerprint density at radius 2 is 2.43 bits per heavy atom. The van der Waals surface area contributed by atoms with E-state index in [0.29, 0.717) is 23.9 Å². The molecular formula is C9H10N2O2S. The zero-order chi connectivity index (χ0) is 9.97. The maximum atomic E-state index is 5.75. The average molecular weight is 210 g/mol. The normalized spacial score (nSPS) is 13.9. The number of hydrogen-bond donors (Lipinski definition) is 1. The zero-order valence-corrected chi connectivity index (χ0v) is 8.50. The van der Waals surface area contributed by atoms with Crippen LogP contribution < -0.4 is 14.7 Å². The van der Waals surface area contributed by atoms with Crippen LogP contribution in [-0.2, 0) is 0 Å². The molecule has 2 N–H and O–H groups in total. The lowest BCUT2D eigenvalue weighted by molar-refractivity contribution is 0.338. The van der Waals surface area contributed by atoms with Crippen molar-refractivity contribution in [2.75, 3.05) is 6.61 Å². The minimum Gasteiger partial charge on any atom is -0.493 e. The summed E-state index contributed by atoms with van der Waals surface area (Å²) in [6, 6.07) is 5.56. The van der Waals surface area contributed by atoms with E-state index in [0.717, 1.165) is 17.8 Å². The summed E-state index contributed by atoms with van der Waals surface area (Å²) in [5.74, 6) is 1.86. The first kappa shape index (κ1) is 9.21. The first-order chi connectivity index (χ1) is 6.83. The summed E-state index contributed by atoms with van der Waals surface area (Å²) >= 11 is 0.980. The van der Waals surface area contributed by atoms with Crippen molar-refractivity contribution in [1.29, 1.82) is 0 Å². The SMILES string of the molecule is CCOc1cccc2c1C(N)=NSO2. The van der Waals surface area contributed by atoms with E-state index < -0.39 is 0 Å². The molecule has 2 rings (SSSR count). The van der Waals surface area contributed by atoms with Crippen LogP contribution in [0.1, 0.15) is 12.5 Å². The van der Waals surface area contributed by atoms with Gasteiger partial charge in [-0.25, -0.2) is 0 Å². The van der Waals surface area contributed by atoms with Gasteiger partial charge in [-0.1, -0.05) is 6.07 Å². The van der Waals surface area contributed by atoms with Crippen molar-refractivity contribution in [2.45, 2.75) is 6.92 Å². The van der Waals surface area contributed by atoms with E-state index in [-0.39, 0.29) is 0 Å². The number of benzene rings is 1. The van der Waals surface area contributed by atoms with Crippen LogP contribution >= 0.6 is 12.2 Å². The molecule has 0 bridgehead atoms. The van der Waals surface area contributed by atoms with Crippen LogP contribution in [0, 0.1) is 0 Å². The van der Waals surface area contributed by atoms with Gasteiger partial charge in [0.2, 0.25) is 12.2 Å². The van der Waals surface area contributed by atoms with Gasteiger partial charge in [0.05, 0.1) is 6.61 Å². The van der Waals surface area contributed by atoms with Crippen molar-refractivity contribution >= 4 is 18.1 Å². The number of nitrogens with zero attached hydrogens (tertiary/aromatic N) is 1. The van der Waals surface area contributed by atoms with Crippen LogP contribution in [0.3, 0.4) is 0 Å². The highest BCUT2D eigenvalue weighted by atomic mass is 32.2. The van der Waals surface area contributed by atoms with E-state index in [9.17, 15) is 0 Å². The molecular weight excluding hydrogens is 200 g/mol. The Morgan fingerprint density at radius 1 is 1.57 bits per heavy atom. The lowest BCUT2D eigenvalue weighted by Gasteiger charge is -2.16. The molecule has 0 atom stereocenters. The van der Waals surface area contributed by atoms with E-state index in [1.165, 1.54) is 0 Å². The maximum Gasteiger partial charge on any atom is 0.203 e. The minimum atomic E-state index is 0.445. The first-order valence-electron chi connectivity index (χ1n) is 4.26. The van der Waals surface area contributed by atoms with Gasteiger partial charge in [0, 0.05) is 0 Å². The van der Waals surface area contributed by atoms with E-state index >= 15 is 0 Å². The van der Waals surface area contributed by atoms with E-state index in [1.807, 2.05) is 25.1 Å². The molecule has 1 aromatic carbocycles. The summed E-state index contributed by atoms with van der Waals surface area (Å²) in [5.41, 5.74) is 6.49. The number of rotatable bonds is 2. The maximum absolute atomic E-state index is 5.75. The molecule has 0 saturated heterocycles. The quantitative estimate of drug-likeness (QED) is 0.596. The van der Waals surface area contributed by atoms with Gasteiger partial charge in [-0.2, -0.15) is 4.40 Å². The molecule has 1 aliphatic rings. The Balaban J connectivity index is 2.49. The second-order valence-electron chi connectivity index (χ2n) is 2.70. The predicted molar refractivity (Wildman–Crippen MR) is 56.6 cm³/mol. The molecule has 0 radical (unpaired) electrons. The van der Waals surface area contributed by atoms with Gasteiger partial charge < -0.3 is 14.7 Å². The number of ether oxygens (including phenoxy) is 1. The minimum absolute atomic E-state index is 0.445. The monoisotopic (exact) mass is 210 g/mol. The largest absolute Gasteiger partial charge is 0.493 e. The van der Waals surface area contributed by atoms with Crippen LogP contribution in [0.4, 0.5) is 0 Å². The van der Waals surface area contributed by atoms with Gasteiger partial charge >= 0.3 is 0 Å². The molecule has 0 unspecified atom stereocenters. The number of nitrogens with two attached hydrogens (primary N) is 1. The molecule has 14 heavy (non-hydrogen) atoms. The third-order valence-electron chi connectivity index (χ3n) is 1.81. The molecule has 1 aliphatic heterocycles. The third-order valence-corrected chi connectivity index (χ3v) is 2.33. The Kier molecular flexibility index (Phi) is 2.49. The molecule has 0 saturated carbocycles. The Morgan fingerprint density at radius 3 is 3.21 bits per heavy atom. The molecule has 1 aromatic rings. The van der Waals surface area contributed by atoms with Gasteiger partial charge in [-0.3, -0.25) is 0 Å². The second kappa shape index (κ2) is 3.79. The summed E-state index contributed by atoms with van der Waals surface area (Å²) in [6.07, 6.45) is 0. The zero-order valence-electron chi connectivity index (χ0n) is 7.69. The van der Waals surface area contributed by atoms with Crippen LogP contribution in [-0.4, -0.2) is 12.4 Å². The summed E-state index contributed by atoms with van der Waals surface area (Å²) < 4.78 is 14.6. The van der Waals surface area contributed by atoms with Gasteiger partial charge in [-0.05, 0) is 19.1 Å². The van der Waals surface area contributed by atoms with Crippen molar-refractivity contribution in [3.63, 3.8) is 0 Å². The molecule has 0 spiro atoms. The Labute approximate surface area is 86.5 Å². The van der Waals surface area contributed by atoms with Crippen molar-refractivity contribution in [3.8, 4) is 11.5 Å². The van der Waals surface area contributed by atoms with Gasteiger partial charge in [0.25, 0.3) is 0 Å². The van der Waals surface area contributed by atoms with Gasteiger partial charge in [0.1, 0.15) is 17.1 Å². The van der Waals surface area contributed by atoms with Crippen LogP contribution in [0.5, 0.6) is 11.5 Å². The van der Waals surface area contributed by atoms with Crippen molar-refractivity contribution in [1.82, 2.24) is 0 Å². The van der Waals surface area contributed by atoms with Crippen LogP contribution in [0.25, 0.3) is 0 Å². The summed E-state index contributed by atoms with van der Waals surface area (Å²) in [7, 11) is 0. The van der Waals surface area contributed by atoms with E-state index in [4.69, 9.17) is 14.7 Å². The standard InChI is InChI=1S/C9H10N2O2S/c1-2-12-6-4-3-5-7-8(6)9(10)11-14-13-7/h3-5H,2H2,1H3,(H2,10,11). The highest BCUT2D eigenvalue weighted by Crippen LogP contribution is 2.34. The molecule has 74 valence electrons. The van der Waals surface area contributed by atoms with Crippen molar-refractivity contribution < 1.29 is 8.92 Å². The second-order valence-corrected chi connectivity index (χ2v) is 3.20. The van der Waals surface area contributed by atoms with Crippen LogP contribution in [0.2, 0.25) is 0 Å². The fourth-order valence-corrected chi connectivity index (χ4v) is 1.68. The highest BCUT2D eigenvalue weighted by Gasteiger charge is 2.18. The average Bonchev–Trinajstić information content (AvgIpc) is 2.19. The molecule has 0 aromatic heterocycles. The van der Waals surface area contributed by atoms with Gasteiger partial charge in [-0.15, -0.1) is 0 Å². The van der Waals surface area contributed by atoms with Crippen LogP contribution in [0.15, 0.2) is 22.6 Å². The first-order valence-corrected chi connectivity index (χ1v) is 4.96. The smallest absolute Gasteiger partial charge is 0.203 e. The predicted octanol–water partition coefficient (Wildman–Crippen LogP) is 1.75. The molecule has 4 nitrogen and oxygen atoms in total. The topological polar surface area (TPSA) is 56.8 Å². The summed E-state index contributed by atoms with van der Waals surface area (Å²) in [4.78, 5) is 0. The lowest BCUT2D eigenvalue weighted by atomic mass is 10.1. The highest BCUT2D eigenvalue weighted by molar-refractivity contribution is 7.93. The third kappa shape index (κ3) is 1.50. The van der Waals surface area contributed by atoms with Crippen molar-refractivity contribution in [2.24, 2.45) is 10.1 Å². The lowest BCUT2D eigenvalue weighted by Crippen LogP contribution is -2.17.